The standard InChI is InChI=1S/C15H11BrN4O2S/c1-20-15(22)12-5-3-2-4-11(12)13(19-20)14(21)18-17-7-10-6-9(16)8-23-10/h2-8H,1H3,(H,18,21)/b17-7-. The predicted octanol–water partition coefficient (Wildman–Crippen LogP) is 2.52. The van der Waals surface area contributed by atoms with Gasteiger partial charge in [0.05, 0.1) is 11.6 Å². The quantitative estimate of drug-likeness (QED) is 0.551. The highest BCUT2D eigenvalue weighted by Crippen LogP contribution is 2.18. The molecule has 2 heterocycles. The summed E-state index contributed by atoms with van der Waals surface area (Å²) in [5.74, 6) is -0.469. The molecule has 0 saturated heterocycles. The molecule has 0 fully saturated rings. The number of thiophene rings is 1. The van der Waals surface area contributed by atoms with Gasteiger partial charge in [-0.25, -0.2) is 10.1 Å². The number of halogens is 1. The van der Waals surface area contributed by atoms with Crippen molar-refractivity contribution in [2.24, 2.45) is 12.1 Å². The van der Waals surface area contributed by atoms with Gasteiger partial charge in [0.1, 0.15) is 0 Å². The zero-order valence-corrected chi connectivity index (χ0v) is 14.4. The van der Waals surface area contributed by atoms with E-state index in [0.717, 1.165) is 14.0 Å². The second kappa shape index (κ2) is 6.43. The Labute approximate surface area is 143 Å². The second-order valence-corrected chi connectivity index (χ2v) is 6.55. The summed E-state index contributed by atoms with van der Waals surface area (Å²) in [5, 5.41) is 10.8. The number of rotatable bonds is 3. The van der Waals surface area contributed by atoms with Gasteiger partial charge in [-0.15, -0.1) is 11.3 Å². The minimum Gasteiger partial charge on any atom is -0.267 e. The van der Waals surface area contributed by atoms with Gasteiger partial charge < -0.3 is 0 Å². The zero-order valence-electron chi connectivity index (χ0n) is 12.0. The van der Waals surface area contributed by atoms with Gasteiger partial charge in [0, 0.05) is 27.2 Å². The van der Waals surface area contributed by atoms with Gasteiger partial charge in [-0.3, -0.25) is 9.59 Å². The van der Waals surface area contributed by atoms with E-state index in [1.54, 1.807) is 30.5 Å². The molecule has 1 N–H and O–H groups in total. The number of amides is 1. The van der Waals surface area contributed by atoms with E-state index in [0.29, 0.717) is 10.8 Å². The van der Waals surface area contributed by atoms with E-state index in [-0.39, 0.29) is 11.3 Å². The Morgan fingerprint density at radius 2 is 2.13 bits per heavy atom. The maximum atomic E-state index is 12.3. The molecule has 116 valence electrons. The third-order valence-electron chi connectivity index (χ3n) is 3.12. The van der Waals surface area contributed by atoms with Crippen molar-refractivity contribution >= 4 is 50.2 Å². The Hall–Kier alpha value is -2.32. The molecule has 0 aliphatic carbocycles. The summed E-state index contributed by atoms with van der Waals surface area (Å²) in [7, 11) is 1.51. The molecule has 0 aliphatic rings. The average molecular weight is 391 g/mol. The minimum atomic E-state index is -0.469. The maximum absolute atomic E-state index is 12.3. The first kappa shape index (κ1) is 15.6. The summed E-state index contributed by atoms with van der Waals surface area (Å²) in [6.45, 7) is 0. The molecule has 0 atom stereocenters. The SMILES string of the molecule is Cn1nc(C(=O)N/N=C\c2cc(Br)cs2)c2ccccc2c1=O. The summed E-state index contributed by atoms with van der Waals surface area (Å²) in [6, 6.07) is 8.76. The molecule has 0 aliphatic heterocycles. The Bertz CT molecular complexity index is 977. The lowest BCUT2D eigenvalue weighted by atomic mass is 10.1. The van der Waals surface area contributed by atoms with Crippen LogP contribution in [-0.4, -0.2) is 21.9 Å². The monoisotopic (exact) mass is 390 g/mol. The highest BCUT2D eigenvalue weighted by molar-refractivity contribution is 9.10. The van der Waals surface area contributed by atoms with Gasteiger partial charge in [-0.1, -0.05) is 18.2 Å². The van der Waals surface area contributed by atoms with Gasteiger partial charge in [0.25, 0.3) is 11.5 Å². The van der Waals surface area contributed by atoms with E-state index in [9.17, 15) is 9.59 Å². The molecule has 1 amide bonds. The summed E-state index contributed by atoms with van der Waals surface area (Å²) in [6.07, 6.45) is 1.55. The molecule has 1 aromatic carbocycles. The highest BCUT2D eigenvalue weighted by atomic mass is 79.9. The van der Waals surface area contributed by atoms with E-state index in [1.807, 2.05) is 11.4 Å². The molecule has 3 aromatic rings. The topological polar surface area (TPSA) is 76.3 Å². The van der Waals surface area contributed by atoms with E-state index in [1.165, 1.54) is 18.4 Å². The number of hydrogen-bond acceptors (Lipinski definition) is 5. The Morgan fingerprint density at radius 1 is 1.39 bits per heavy atom. The predicted molar refractivity (Wildman–Crippen MR) is 94.1 cm³/mol. The smallest absolute Gasteiger partial charge is 0.267 e. The van der Waals surface area contributed by atoms with Crippen LogP contribution in [0.15, 0.2) is 50.1 Å². The number of hydrogen-bond donors (Lipinski definition) is 1. The number of hydrazone groups is 1. The van der Waals surface area contributed by atoms with Gasteiger partial charge >= 0.3 is 0 Å². The van der Waals surface area contributed by atoms with E-state index < -0.39 is 5.91 Å². The van der Waals surface area contributed by atoms with E-state index in [2.05, 4.69) is 31.6 Å². The lowest BCUT2D eigenvalue weighted by Crippen LogP contribution is -2.27. The highest BCUT2D eigenvalue weighted by Gasteiger charge is 2.14. The zero-order chi connectivity index (χ0) is 16.4. The molecule has 3 rings (SSSR count). The van der Waals surface area contributed by atoms with Crippen LogP contribution in [-0.2, 0) is 7.05 Å². The van der Waals surface area contributed by atoms with Crippen molar-refractivity contribution in [3.05, 3.63) is 61.1 Å². The van der Waals surface area contributed by atoms with Crippen LogP contribution in [0, 0.1) is 0 Å². The fraction of sp³-hybridized carbons (Fsp3) is 0.0667. The molecular weight excluding hydrogens is 380 g/mol. The van der Waals surface area contributed by atoms with Crippen LogP contribution in [0.2, 0.25) is 0 Å². The first-order chi connectivity index (χ1) is 11.1. The summed E-state index contributed by atoms with van der Waals surface area (Å²) in [5.41, 5.74) is 2.35. The number of fused-ring (bicyclic) bond motifs is 1. The molecule has 6 nitrogen and oxygen atoms in total. The normalized spacial score (nSPS) is 11.2. The van der Waals surface area contributed by atoms with Gasteiger partial charge in [0.2, 0.25) is 0 Å². The Balaban J connectivity index is 1.91. The fourth-order valence-electron chi connectivity index (χ4n) is 2.07. The van der Waals surface area contributed by atoms with E-state index >= 15 is 0 Å². The third kappa shape index (κ3) is 3.22. The van der Waals surface area contributed by atoms with Crippen molar-refractivity contribution in [2.45, 2.75) is 0 Å². The first-order valence-electron chi connectivity index (χ1n) is 6.60. The van der Waals surface area contributed by atoms with Crippen molar-refractivity contribution in [1.82, 2.24) is 15.2 Å². The summed E-state index contributed by atoms with van der Waals surface area (Å²) >= 11 is 4.85. The largest absolute Gasteiger partial charge is 0.292 e. The molecule has 0 bridgehead atoms. The minimum absolute atomic E-state index is 0.159. The lowest BCUT2D eigenvalue weighted by Gasteiger charge is -2.06. The van der Waals surface area contributed by atoms with Crippen LogP contribution in [0.4, 0.5) is 0 Å². The molecule has 0 unspecified atom stereocenters. The first-order valence-corrected chi connectivity index (χ1v) is 8.27. The number of carbonyl (C=O) groups is 1. The molecule has 0 radical (unpaired) electrons. The van der Waals surface area contributed by atoms with Crippen LogP contribution in [0.5, 0.6) is 0 Å². The number of aromatic nitrogens is 2. The van der Waals surface area contributed by atoms with Crippen molar-refractivity contribution in [3.8, 4) is 0 Å². The Kier molecular flexibility index (Phi) is 4.35. The van der Waals surface area contributed by atoms with Gasteiger partial charge in [-0.2, -0.15) is 10.2 Å². The number of carbonyl (C=O) groups excluding carboxylic acids is 1. The van der Waals surface area contributed by atoms with Crippen LogP contribution < -0.4 is 11.0 Å². The van der Waals surface area contributed by atoms with Gasteiger partial charge in [0.15, 0.2) is 5.69 Å². The van der Waals surface area contributed by atoms with Crippen molar-refractivity contribution in [1.29, 1.82) is 0 Å². The Morgan fingerprint density at radius 3 is 2.83 bits per heavy atom. The third-order valence-corrected chi connectivity index (χ3v) is 4.75. The summed E-state index contributed by atoms with van der Waals surface area (Å²) < 4.78 is 2.11. The number of aryl methyl sites for hydroxylation is 1. The van der Waals surface area contributed by atoms with Crippen molar-refractivity contribution < 1.29 is 4.79 Å². The molecule has 0 saturated carbocycles. The van der Waals surface area contributed by atoms with Crippen molar-refractivity contribution in [3.63, 3.8) is 0 Å². The molecule has 0 spiro atoms. The molecular formula is C15H11BrN4O2S. The maximum Gasteiger partial charge on any atom is 0.292 e. The van der Waals surface area contributed by atoms with E-state index in [4.69, 9.17) is 0 Å². The van der Waals surface area contributed by atoms with Gasteiger partial charge in [-0.05, 0) is 28.1 Å². The number of nitrogens with zero attached hydrogens (tertiary/aromatic N) is 3. The fourth-order valence-corrected chi connectivity index (χ4v) is 3.37. The van der Waals surface area contributed by atoms with Crippen LogP contribution in [0.1, 0.15) is 15.4 Å². The van der Waals surface area contributed by atoms with Crippen LogP contribution in [0.3, 0.4) is 0 Å². The number of benzene rings is 1. The summed E-state index contributed by atoms with van der Waals surface area (Å²) in [4.78, 5) is 25.2. The molecule has 2 aromatic heterocycles. The average Bonchev–Trinajstić information content (AvgIpc) is 2.96. The second-order valence-electron chi connectivity index (χ2n) is 4.69. The molecule has 8 heteroatoms. The van der Waals surface area contributed by atoms with Crippen molar-refractivity contribution in [2.75, 3.05) is 0 Å². The lowest BCUT2D eigenvalue weighted by molar-refractivity contribution is 0.0950. The van der Waals surface area contributed by atoms with Crippen LogP contribution >= 0.6 is 27.3 Å². The number of nitrogens with one attached hydrogen (secondary N) is 1. The van der Waals surface area contributed by atoms with Crippen LogP contribution in [0.25, 0.3) is 10.8 Å². The molecule has 23 heavy (non-hydrogen) atoms.